The Morgan fingerprint density at radius 2 is 1.53 bits per heavy atom. The second-order valence-electron chi connectivity index (χ2n) is 8.12. The summed E-state index contributed by atoms with van der Waals surface area (Å²) in [5.41, 5.74) is 4.37. The smallest absolute Gasteiger partial charge is 0.243 e. The number of anilines is 4. The number of nitrogens with zero attached hydrogens (tertiary/aromatic N) is 4. The molecule has 0 fully saturated rings. The number of benzene rings is 2. The number of imidazole rings is 1. The lowest BCUT2D eigenvalue weighted by molar-refractivity contribution is -0.129. The predicted molar refractivity (Wildman–Crippen MR) is 136 cm³/mol. The molecule has 36 heavy (non-hydrogen) atoms. The van der Waals surface area contributed by atoms with Gasteiger partial charge in [-0.1, -0.05) is 42.8 Å². The van der Waals surface area contributed by atoms with E-state index in [0.717, 1.165) is 24.2 Å². The molecule has 2 amide bonds. The van der Waals surface area contributed by atoms with Crippen molar-refractivity contribution in [2.24, 2.45) is 0 Å². The average molecular weight is 489 g/mol. The summed E-state index contributed by atoms with van der Waals surface area (Å²) in [5, 5.41) is 17.9. The van der Waals surface area contributed by atoms with Gasteiger partial charge in [0.1, 0.15) is 6.54 Å². The summed E-state index contributed by atoms with van der Waals surface area (Å²) < 4.78 is 1.68. The summed E-state index contributed by atoms with van der Waals surface area (Å²) in [5.74, 6) is 0.323. The van der Waals surface area contributed by atoms with Gasteiger partial charge in [0.2, 0.25) is 17.8 Å². The fourth-order valence-electron chi connectivity index (χ4n) is 3.59. The lowest BCUT2D eigenvalue weighted by Gasteiger charge is -2.11. The molecular weight excluding hydrogens is 460 g/mol. The molecule has 2 aromatic carbocycles. The normalized spacial score (nSPS) is 10.7. The van der Waals surface area contributed by atoms with Gasteiger partial charge in [0.25, 0.3) is 0 Å². The van der Waals surface area contributed by atoms with Crippen LogP contribution in [0.25, 0.3) is 11.2 Å². The highest BCUT2D eigenvalue weighted by Gasteiger charge is 2.16. The minimum absolute atomic E-state index is 0.0516. The van der Waals surface area contributed by atoms with Crippen LogP contribution in [-0.4, -0.2) is 43.1 Å². The van der Waals surface area contributed by atoms with Crippen LogP contribution < -0.4 is 21.4 Å². The molecular formula is C25H28N8O3. The summed E-state index contributed by atoms with van der Waals surface area (Å²) in [6, 6.07) is 19.2. The van der Waals surface area contributed by atoms with Gasteiger partial charge in [-0.25, -0.2) is 10.5 Å². The number of hydrogen-bond acceptors (Lipinski definition) is 8. The van der Waals surface area contributed by atoms with Crippen LogP contribution in [0.4, 0.5) is 23.1 Å². The fourth-order valence-corrected chi connectivity index (χ4v) is 3.59. The maximum absolute atomic E-state index is 12.6. The van der Waals surface area contributed by atoms with E-state index in [2.05, 4.69) is 30.9 Å². The summed E-state index contributed by atoms with van der Waals surface area (Å²) >= 11 is 0. The van der Waals surface area contributed by atoms with Crippen molar-refractivity contribution in [3.8, 4) is 0 Å². The van der Waals surface area contributed by atoms with E-state index >= 15 is 0 Å². The minimum atomic E-state index is -0.407. The first-order chi connectivity index (χ1) is 17.6. The van der Waals surface area contributed by atoms with Crippen LogP contribution in [-0.2, 0) is 16.1 Å². The second kappa shape index (κ2) is 12.3. The van der Waals surface area contributed by atoms with Gasteiger partial charge in [-0.05, 0) is 37.1 Å². The molecule has 4 rings (SSSR count). The molecule has 0 saturated heterocycles. The molecule has 186 valence electrons. The van der Waals surface area contributed by atoms with Gasteiger partial charge < -0.3 is 20.5 Å². The van der Waals surface area contributed by atoms with E-state index in [0.29, 0.717) is 35.9 Å². The number of rotatable bonds is 12. The number of aromatic nitrogens is 4. The van der Waals surface area contributed by atoms with Crippen molar-refractivity contribution in [2.45, 2.75) is 32.2 Å². The zero-order valence-corrected chi connectivity index (χ0v) is 19.6. The Hall–Kier alpha value is -4.51. The predicted octanol–water partition coefficient (Wildman–Crippen LogP) is 3.50. The van der Waals surface area contributed by atoms with Gasteiger partial charge in [-0.3, -0.25) is 14.8 Å². The highest BCUT2D eigenvalue weighted by molar-refractivity contribution is 5.88. The maximum Gasteiger partial charge on any atom is 0.243 e. The van der Waals surface area contributed by atoms with E-state index < -0.39 is 5.91 Å². The lowest BCUT2D eigenvalue weighted by atomic mass is 10.2. The average Bonchev–Trinajstić information content (AvgIpc) is 3.29. The molecule has 0 atom stereocenters. The Balaban J connectivity index is 1.47. The zero-order valence-electron chi connectivity index (χ0n) is 19.6. The molecule has 0 spiro atoms. The van der Waals surface area contributed by atoms with Gasteiger partial charge in [0, 0.05) is 24.3 Å². The van der Waals surface area contributed by atoms with Gasteiger partial charge in [0.15, 0.2) is 17.0 Å². The number of fused-ring (bicyclic) bond motifs is 1. The third-order valence-electron chi connectivity index (χ3n) is 5.37. The van der Waals surface area contributed by atoms with E-state index in [4.69, 9.17) is 5.21 Å². The first-order valence-corrected chi connectivity index (χ1v) is 11.7. The summed E-state index contributed by atoms with van der Waals surface area (Å²) in [4.78, 5) is 37.3. The van der Waals surface area contributed by atoms with Crippen molar-refractivity contribution in [1.82, 2.24) is 30.3 Å². The molecule has 2 aromatic heterocycles. The quantitative estimate of drug-likeness (QED) is 0.116. The van der Waals surface area contributed by atoms with Crippen LogP contribution in [0, 0.1) is 0 Å². The van der Waals surface area contributed by atoms with Crippen molar-refractivity contribution in [3.63, 3.8) is 0 Å². The number of carbonyl (C=O) groups is 2. The van der Waals surface area contributed by atoms with Crippen molar-refractivity contribution >= 4 is 46.1 Å². The first kappa shape index (κ1) is 24.6. The Morgan fingerprint density at radius 3 is 2.22 bits per heavy atom. The molecule has 2 heterocycles. The third-order valence-corrected chi connectivity index (χ3v) is 5.37. The highest BCUT2D eigenvalue weighted by Crippen LogP contribution is 2.25. The van der Waals surface area contributed by atoms with Crippen LogP contribution in [0.2, 0.25) is 0 Å². The summed E-state index contributed by atoms with van der Waals surface area (Å²) in [6.45, 7) is 0.540. The van der Waals surface area contributed by atoms with Crippen LogP contribution in [0.1, 0.15) is 25.7 Å². The standard InChI is InChI=1S/C25H28N8O3/c34-20(32-36)14-8-3-9-15-26-21(35)16-33-17-27-22-23(28-18-10-4-1-5-11-18)30-25(31-24(22)33)29-19-12-6-2-7-13-19/h1-2,4-7,10-13,17,36H,3,8-9,14-16H2,(H,26,35)(H,32,34)(H2,28,29,30,31). The van der Waals surface area contributed by atoms with Crippen molar-refractivity contribution in [2.75, 3.05) is 17.2 Å². The van der Waals surface area contributed by atoms with Gasteiger partial charge >= 0.3 is 0 Å². The number of hydroxylamine groups is 1. The van der Waals surface area contributed by atoms with Crippen molar-refractivity contribution in [3.05, 3.63) is 67.0 Å². The number of hydrogen-bond donors (Lipinski definition) is 5. The topological polar surface area (TPSA) is 146 Å². The highest BCUT2D eigenvalue weighted by atomic mass is 16.5. The zero-order chi connectivity index (χ0) is 25.2. The van der Waals surface area contributed by atoms with E-state index in [1.165, 1.54) is 0 Å². The molecule has 11 nitrogen and oxygen atoms in total. The van der Waals surface area contributed by atoms with Crippen LogP contribution in [0.3, 0.4) is 0 Å². The van der Waals surface area contributed by atoms with Crippen LogP contribution in [0.15, 0.2) is 67.0 Å². The Bertz CT molecular complexity index is 1290. The fraction of sp³-hybridized carbons (Fsp3) is 0.240. The summed E-state index contributed by atoms with van der Waals surface area (Å²) in [6.07, 6.45) is 3.96. The molecule has 0 radical (unpaired) electrons. The SMILES string of the molecule is O=C(CCCCCNC(=O)Cn1cnc2c(Nc3ccccc3)nc(Nc3ccccc3)nc21)NO. The number of unbranched alkanes of at least 4 members (excludes halogenated alkanes) is 2. The van der Waals surface area contributed by atoms with Crippen LogP contribution >= 0.6 is 0 Å². The maximum atomic E-state index is 12.6. The number of para-hydroxylation sites is 2. The third kappa shape index (κ3) is 6.76. The largest absolute Gasteiger partial charge is 0.355 e. The molecule has 4 aromatic rings. The second-order valence-corrected chi connectivity index (χ2v) is 8.12. The Kier molecular flexibility index (Phi) is 8.39. The minimum Gasteiger partial charge on any atom is -0.355 e. The first-order valence-electron chi connectivity index (χ1n) is 11.7. The van der Waals surface area contributed by atoms with Crippen molar-refractivity contribution in [1.29, 1.82) is 0 Å². The number of carbonyl (C=O) groups excluding carboxylic acids is 2. The molecule has 0 unspecified atom stereocenters. The molecule has 0 aliphatic heterocycles. The number of nitrogens with one attached hydrogen (secondary N) is 4. The monoisotopic (exact) mass is 488 g/mol. The van der Waals surface area contributed by atoms with Gasteiger partial charge in [-0.2, -0.15) is 9.97 Å². The van der Waals surface area contributed by atoms with E-state index in [9.17, 15) is 9.59 Å². The van der Waals surface area contributed by atoms with Crippen molar-refractivity contribution < 1.29 is 14.8 Å². The molecule has 0 aliphatic carbocycles. The Morgan fingerprint density at radius 1 is 0.833 bits per heavy atom. The van der Waals surface area contributed by atoms with E-state index in [-0.39, 0.29) is 18.9 Å². The van der Waals surface area contributed by atoms with E-state index in [1.807, 2.05) is 60.7 Å². The molecule has 5 N–H and O–H groups in total. The molecule has 11 heteroatoms. The van der Waals surface area contributed by atoms with Gasteiger partial charge in [0.05, 0.1) is 6.33 Å². The van der Waals surface area contributed by atoms with Crippen LogP contribution in [0.5, 0.6) is 0 Å². The van der Waals surface area contributed by atoms with E-state index in [1.54, 1.807) is 16.4 Å². The van der Waals surface area contributed by atoms with Gasteiger partial charge in [-0.15, -0.1) is 0 Å². The summed E-state index contributed by atoms with van der Waals surface area (Å²) in [7, 11) is 0. The number of amides is 2. The molecule has 0 saturated carbocycles. The Labute approximate surface area is 207 Å². The molecule has 0 aliphatic rings. The lowest BCUT2D eigenvalue weighted by Crippen LogP contribution is -2.28. The molecule has 0 bridgehead atoms.